The van der Waals surface area contributed by atoms with Crippen LogP contribution >= 0.6 is 0 Å². The summed E-state index contributed by atoms with van der Waals surface area (Å²) in [6.07, 6.45) is -0.928. The van der Waals surface area contributed by atoms with Gasteiger partial charge < -0.3 is 4.43 Å². The van der Waals surface area contributed by atoms with E-state index in [0.29, 0.717) is 11.1 Å². The number of nitro groups is 2. The van der Waals surface area contributed by atoms with Gasteiger partial charge in [-0.25, -0.2) is 0 Å². The van der Waals surface area contributed by atoms with Crippen LogP contribution in [0.5, 0.6) is 0 Å². The summed E-state index contributed by atoms with van der Waals surface area (Å²) in [5.74, 6) is 0. The summed E-state index contributed by atoms with van der Waals surface area (Å²) in [6, 6.07) is 21.9. The maximum Gasteiger partial charge on any atom is 0.275 e. The molecule has 0 aliphatic carbocycles. The average molecular weight is 393 g/mol. The number of nitrogens with zero attached hydrogens (tertiary/aromatic N) is 2. The Labute approximate surface area is 163 Å². The number of rotatable bonds is 7. The van der Waals surface area contributed by atoms with Crippen molar-refractivity contribution in [3.63, 3.8) is 0 Å². The third-order valence-corrected chi connectivity index (χ3v) is 6.04. The Hall–Kier alpha value is -3.36. The molecular weight excluding hydrogens is 376 g/mol. The van der Waals surface area contributed by atoms with Crippen LogP contribution in [0.3, 0.4) is 0 Å². The first-order valence-corrected chi connectivity index (χ1v) is 10.4. The van der Waals surface area contributed by atoms with Gasteiger partial charge in [0.1, 0.15) is 6.10 Å². The third kappa shape index (κ3) is 4.13. The van der Waals surface area contributed by atoms with Gasteiger partial charge >= 0.3 is 0 Å². The molecule has 0 amide bonds. The molecule has 0 fully saturated rings. The molecule has 0 aliphatic rings. The van der Waals surface area contributed by atoms with E-state index in [4.69, 9.17) is 4.43 Å². The lowest BCUT2D eigenvalue weighted by molar-refractivity contribution is -0.387. The van der Waals surface area contributed by atoms with Crippen LogP contribution in [0.4, 0.5) is 11.4 Å². The van der Waals surface area contributed by atoms with Crippen molar-refractivity contribution >= 4 is 25.6 Å². The predicted molar refractivity (Wildman–Crippen MR) is 107 cm³/mol. The molecule has 28 heavy (non-hydrogen) atoms. The number of nitro benzene ring substituents is 2. The molecule has 7 nitrogen and oxygen atoms in total. The lowest BCUT2D eigenvalue weighted by Gasteiger charge is -2.22. The number of benzene rings is 3. The zero-order valence-electron chi connectivity index (χ0n) is 15.0. The van der Waals surface area contributed by atoms with E-state index in [1.165, 1.54) is 12.1 Å². The zero-order chi connectivity index (χ0) is 20.1. The fourth-order valence-electron chi connectivity index (χ4n) is 2.96. The Morgan fingerprint density at radius 1 is 0.750 bits per heavy atom. The fraction of sp³-hybridized carbons (Fsp3) is 0.100. The second kappa shape index (κ2) is 8.55. The van der Waals surface area contributed by atoms with Crippen molar-refractivity contribution in [2.24, 2.45) is 0 Å². The normalized spacial score (nSPS) is 11.0. The topological polar surface area (TPSA) is 95.5 Å². The lowest BCUT2D eigenvalue weighted by atomic mass is 9.98. The van der Waals surface area contributed by atoms with Crippen LogP contribution in [0.2, 0.25) is 6.55 Å². The second-order valence-electron chi connectivity index (χ2n) is 6.05. The summed E-state index contributed by atoms with van der Waals surface area (Å²) in [5, 5.41) is 24.1. The van der Waals surface area contributed by atoms with Crippen LogP contribution < -0.4 is 5.19 Å². The molecule has 0 aliphatic heterocycles. The highest BCUT2D eigenvalue weighted by atomic mass is 28.3. The van der Waals surface area contributed by atoms with E-state index < -0.39 is 25.0 Å². The molecule has 0 unspecified atom stereocenters. The van der Waals surface area contributed by atoms with Crippen LogP contribution in [0, 0.1) is 20.2 Å². The molecule has 3 aromatic rings. The molecule has 3 rings (SSSR count). The minimum Gasteiger partial charge on any atom is -0.401 e. The first-order valence-electron chi connectivity index (χ1n) is 8.51. The molecule has 0 aromatic heterocycles. The van der Waals surface area contributed by atoms with E-state index in [0.717, 1.165) is 5.19 Å². The van der Waals surface area contributed by atoms with Gasteiger partial charge in [-0.1, -0.05) is 54.6 Å². The predicted octanol–water partition coefficient (Wildman–Crippen LogP) is 4.14. The van der Waals surface area contributed by atoms with Gasteiger partial charge in [-0.15, -0.1) is 0 Å². The van der Waals surface area contributed by atoms with E-state index in [1.54, 1.807) is 36.4 Å². The Morgan fingerprint density at radius 2 is 1.18 bits per heavy atom. The SMILES string of the molecule is C[Si](OC(c1ccccc1[N+](=O)[O-])c1ccccc1[N+](=O)[O-])c1ccccc1. The van der Waals surface area contributed by atoms with Gasteiger partial charge in [-0.2, -0.15) is 0 Å². The lowest BCUT2D eigenvalue weighted by Crippen LogP contribution is -2.32. The molecular formula is C20H17N2O5Si. The molecule has 141 valence electrons. The Balaban J connectivity index is 2.13. The monoisotopic (exact) mass is 393 g/mol. The molecule has 8 heteroatoms. The van der Waals surface area contributed by atoms with Crippen LogP contribution in [0.15, 0.2) is 78.9 Å². The summed E-state index contributed by atoms with van der Waals surface area (Å²) in [6.45, 7) is 1.91. The van der Waals surface area contributed by atoms with Crippen molar-refractivity contribution < 1.29 is 14.3 Å². The van der Waals surface area contributed by atoms with Crippen LogP contribution in [0.1, 0.15) is 17.2 Å². The van der Waals surface area contributed by atoms with Crippen LogP contribution in [0.25, 0.3) is 0 Å². The molecule has 0 N–H and O–H groups in total. The summed E-state index contributed by atoms with van der Waals surface area (Å²) in [4.78, 5) is 22.1. The molecule has 0 heterocycles. The summed E-state index contributed by atoms with van der Waals surface area (Å²) < 4.78 is 6.28. The minimum absolute atomic E-state index is 0.131. The highest BCUT2D eigenvalue weighted by Gasteiger charge is 2.31. The summed E-state index contributed by atoms with van der Waals surface area (Å²) >= 11 is 0. The van der Waals surface area contributed by atoms with E-state index in [-0.39, 0.29) is 11.4 Å². The van der Waals surface area contributed by atoms with Crippen molar-refractivity contribution in [1.82, 2.24) is 0 Å². The maximum atomic E-state index is 11.6. The van der Waals surface area contributed by atoms with Crippen molar-refractivity contribution in [2.75, 3.05) is 0 Å². The fourth-order valence-corrected chi connectivity index (χ4v) is 4.37. The molecule has 1 radical (unpaired) electrons. The van der Waals surface area contributed by atoms with Gasteiger partial charge in [-0.05, 0) is 23.9 Å². The molecule has 0 atom stereocenters. The minimum atomic E-state index is -1.59. The van der Waals surface area contributed by atoms with E-state index in [1.807, 2.05) is 36.9 Å². The third-order valence-electron chi connectivity index (χ3n) is 4.31. The largest absolute Gasteiger partial charge is 0.401 e. The first-order chi connectivity index (χ1) is 13.5. The van der Waals surface area contributed by atoms with Gasteiger partial charge in [0.25, 0.3) is 11.4 Å². The average Bonchev–Trinajstić information content (AvgIpc) is 2.72. The first kappa shape index (κ1) is 19.4. The Morgan fingerprint density at radius 3 is 1.64 bits per heavy atom. The van der Waals surface area contributed by atoms with Crippen LogP contribution in [-0.4, -0.2) is 18.9 Å². The smallest absolute Gasteiger partial charge is 0.275 e. The molecule has 0 saturated heterocycles. The highest BCUT2D eigenvalue weighted by molar-refractivity contribution is 6.66. The molecule has 0 spiro atoms. The number of para-hydroxylation sites is 2. The maximum absolute atomic E-state index is 11.6. The Kier molecular flexibility index (Phi) is 5.92. The van der Waals surface area contributed by atoms with Crippen LogP contribution in [-0.2, 0) is 4.43 Å². The van der Waals surface area contributed by atoms with Crippen molar-refractivity contribution in [3.8, 4) is 0 Å². The van der Waals surface area contributed by atoms with Gasteiger partial charge in [0.2, 0.25) is 9.04 Å². The summed E-state index contributed by atoms with van der Waals surface area (Å²) in [7, 11) is -1.59. The zero-order valence-corrected chi connectivity index (χ0v) is 16.0. The van der Waals surface area contributed by atoms with Crippen molar-refractivity contribution in [3.05, 3.63) is 110 Å². The van der Waals surface area contributed by atoms with E-state index in [2.05, 4.69) is 0 Å². The standard InChI is InChI=1S/C20H17N2O5Si/c1-28(15-9-3-2-4-10-15)27-20(16-11-5-7-13-18(16)21(23)24)17-12-6-8-14-19(17)22(25)26/h2-14,20H,1H3. The summed E-state index contributed by atoms with van der Waals surface area (Å²) in [5.41, 5.74) is 0.325. The molecule has 0 bridgehead atoms. The van der Waals surface area contributed by atoms with E-state index in [9.17, 15) is 20.2 Å². The highest BCUT2D eigenvalue weighted by Crippen LogP contribution is 2.37. The Bertz CT molecular complexity index is 939. The van der Waals surface area contributed by atoms with Crippen molar-refractivity contribution in [1.29, 1.82) is 0 Å². The van der Waals surface area contributed by atoms with Crippen molar-refractivity contribution in [2.45, 2.75) is 12.7 Å². The molecule has 3 aromatic carbocycles. The quantitative estimate of drug-likeness (QED) is 0.341. The number of hydrogen-bond donors (Lipinski definition) is 0. The van der Waals surface area contributed by atoms with Gasteiger partial charge in [0, 0.05) is 12.1 Å². The number of hydrogen-bond acceptors (Lipinski definition) is 5. The second-order valence-corrected chi connectivity index (χ2v) is 7.98. The van der Waals surface area contributed by atoms with Gasteiger partial charge in [0.15, 0.2) is 0 Å². The van der Waals surface area contributed by atoms with Gasteiger partial charge in [0.05, 0.1) is 21.0 Å². The molecule has 0 saturated carbocycles. The van der Waals surface area contributed by atoms with Gasteiger partial charge in [-0.3, -0.25) is 20.2 Å². The van der Waals surface area contributed by atoms with E-state index >= 15 is 0 Å².